The molecule has 1 fully saturated rings. The quantitative estimate of drug-likeness (QED) is 0.708. The van der Waals surface area contributed by atoms with Crippen molar-refractivity contribution in [1.29, 1.82) is 0 Å². The number of para-hydroxylation sites is 1. The molecule has 0 unspecified atom stereocenters. The van der Waals surface area contributed by atoms with E-state index in [-0.39, 0.29) is 17.1 Å². The van der Waals surface area contributed by atoms with E-state index in [1.54, 1.807) is 35.4 Å². The van der Waals surface area contributed by atoms with E-state index >= 15 is 0 Å². The van der Waals surface area contributed by atoms with Crippen LogP contribution < -0.4 is 10.3 Å². The molecular formula is C18H18N4O3. The van der Waals surface area contributed by atoms with Gasteiger partial charge in [-0.2, -0.15) is 0 Å². The monoisotopic (exact) mass is 338 g/mol. The number of hydrogen-bond donors (Lipinski definition) is 0. The number of hydrogen-bond acceptors (Lipinski definition) is 5. The first kappa shape index (κ1) is 15.4. The zero-order valence-corrected chi connectivity index (χ0v) is 13.9. The van der Waals surface area contributed by atoms with Gasteiger partial charge in [-0.25, -0.2) is 4.98 Å². The lowest BCUT2D eigenvalue weighted by molar-refractivity contribution is 0.0714. The molecule has 1 amide bonds. The van der Waals surface area contributed by atoms with Crippen LogP contribution in [0, 0.1) is 0 Å². The van der Waals surface area contributed by atoms with Crippen LogP contribution in [0.4, 0.5) is 5.95 Å². The van der Waals surface area contributed by atoms with E-state index in [1.807, 2.05) is 17.8 Å². The van der Waals surface area contributed by atoms with E-state index in [4.69, 9.17) is 4.42 Å². The lowest BCUT2D eigenvalue weighted by atomic mass is 10.2. The third kappa shape index (κ3) is 2.77. The van der Waals surface area contributed by atoms with Crippen LogP contribution in [0.1, 0.15) is 10.6 Å². The fraction of sp³-hybridized carbons (Fsp3) is 0.278. The van der Waals surface area contributed by atoms with Crippen molar-refractivity contribution in [3.63, 3.8) is 0 Å². The molecule has 0 N–H and O–H groups in total. The first-order valence-corrected chi connectivity index (χ1v) is 8.18. The van der Waals surface area contributed by atoms with Crippen LogP contribution in [-0.2, 0) is 7.05 Å². The highest BCUT2D eigenvalue weighted by atomic mass is 16.3. The van der Waals surface area contributed by atoms with E-state index in [0.29, 0.717) is 37.1 Å². The molecule has 2 aromatic heterocycles. The molecule has 1 aromatic carbocycles. The molecule has 1 aliphatic heterocycles. The van der Waals surface area contributed by atoms with E-state index < -0.39 is 0 Å². The Kier molecular flexibility index (Phi) is 3.76. The van der Waals surface area contributed by atoms with Gasteiger partial charge in [-0.3, -0.25) is 9.59 Å². The highest BCUT2D eigenvalue weighted by Gasteiger charge is 2.25. The lowest BCUT2D eigenvalue weighted by Crippen LogP contribution is -2.49. The normalized spacial score (nSPS) is 14.9. The summed E-state index contributed by atoms with van der Waals surface area (Å²) in [4.78, 5) is 33.1. The largest absolute Gasteiger partial charge is 0.451 e. The van der Waals surface area contributed by atoms with E-state index in [1.165, 1.54) is 6.07 Å². The fourth-order valence-electron chi connectivity index (χ4n) is 3.14. The highest BCUT2D eigenvalue weighted by molar-refractivity contribution is 5.93. The summed E-state index contributed by atoms with van der Waals surface area (Å²) in [5.41, 5.74) is 0.238. The summed E-state index contributed by atoms with van der Waals surface area (Å²) in [6.07, 6.45) is 3.66. The molecule has 0 saturated carbocycles. The summed E-state index contributed by atoms with van der Waals surface area (Å²) >= 11 is 0. The molecule has 1 aliphatic rings. The molecule has 0 bridgehead atoms. The Bertz CT molecular complexity index is 983. The lowest BCUT2D eigenvalue weighted by Gasteiger charge is -2.34. The molecular weight excluding hydrogens is 320 g/mol. The van der Waals surface area contributed by atoms with Crippen LogP contribution in [0.2, 0.25) is 0 Å². The van der Waals surface area contributed by atoms with Crippen molar-refractivity contribution in [2.45, 2.75) is 0 Å². The number of nitrogens with zero attached hydrogens (tertiary/aromatic N) is 4. The Balaban J connectivity index is 1.53. The van der Waals surface area contributed by atoms with E-state index in [2.05, 4.69) is 9.88 Å². The van der Waals surface area contributed by atoms with Gasteiger partial charge in [0.2, 0.25) is 5.95 Å². The molecule has 3 heterocycles. The van der Waals surface area contributed by atoms with Crippen molar-refractivity contribution < 1.29 is 9.21 Å². The van der Waals surface area contributed by atoms with Gasteiger partial charge in [-0.05, 0) is 12.1 Å². The van der Waals surface area contributed by atoms with Crippen molar-refractivity contribution in [2.24, 2.45) is 7.05 Å². The van der Waals surface area contributed by atoms with Crippen molar-refractivity contribution >= 4 is 22.8 Å². The summed E-state index contributed by atoms with van der Waals surface area (Å²) in [5, 5.41) is 0.485. The molecule has 7 heteroatoms. The van der Waals surface area contributed by atoms with E-state index in [9.17, 15) is 9.59 Å². The molecule has 7 nitrogen and oxygen atoms in total. The van der Waals surface area contributed by atoms with Crippen LogP contribution in [0.15, 0.2) is 51.9 Å². The van der Waals surface area contributed by atoms with Gasteiger partial charge in [0.05, 0.1) is 5.39 Å². The number of aromatic nitrogens is 2. The summed E-state index contributed by atoms with van der Waals surface area (Å²) < 4.78 is 7.61. The van der Waals surface area contributed by atoms with Crippen molar-refractivity contribution in [3.8, 4) is 0 Å². The number of carbonyl (C=O) groups excluding carboxylic acids is 1. The predicted molar refractivity (Wildman–Crippen MR) is 93.8 cm³/mol. The molecule has 1 saturated heterocycles. The van der Waals surface area contributed by atoms with Crippen LogP contribution in [0.25, 0.3) is 11.0 Å². The summed E-state index contributed by atoms with van der Waals surface area (Å²) in [5.74, 6) is 0.737. The second-order valence-corrected chi connectivity index (χ2v) is 6.09. The van der Waals surface area contributed by atoms with Crippen molar-refractivity contribution in [3.05, 3.63) is 58.7 Å². The first-order chi connectivity index (χ1) is 12.1. The summed E-state index contributed by atoms with van der Waals surface area (Å²) in [6.45, 7) is 2.49. The molecule has 0 atom stereocenters. The van der Waals surface area contributed by atoms with Gasteiger partial charge in [0, 0.05) is 51.7 Å². The summed E-state index contributed by atoms with van der Waals surface area (Å²) in [6, 6.07) is 8.24. The zero-order chi connectivity index (χ0) is 17.4. The number of anilines is 1. The molecule has 0 spiro atoms. The minimum Gasteiger partial charge on any atom is -0.451 e. The number of benzene rings is 1. The van der Waals surface area contributed by atoms with Gasteiger partial charge < -0.3 is 18.8 Å². The number of aryl methyl sites for hydroxylation is 1. The second kappa shape index (κ2) is 6.08. The first-order valence-electron chi connectivity index (χ1n) is 8.18. The number of imidazole rings is 1. The maximum atomic E-state index is 12.7. The standard InChI is InChI=1S/C18H18N4O3/c1-20-7-6-19-18(20)22-10-8-21(9-11-22)17(24)16-12-14(23)13-4-2-3-5-15(13)25-16/h2-7,12H,8-11H2,1H3. The molecule has 25 heavy (non-hydrogen) atoms. The highest BCUT2D eigenvalue weighted by Crippen LogP contribution is 2.16. The van der Waals surface area contributed by atoms with Crippen molar-refractivity contribution in [2.75, 3.05) is 31.1 Å². The van der Waals surface area contributed by atoms with Gasteiger partial charge in [-0.1, -0.05) is 12.1 Å². The second-order valence-electron chi connectivity index (χ2n) is 6.09. The molecule has 128 valence electrons. The van der Waals surface area contributed by atoms with Gasteiger partial charge in [0.15, 0.2) is 11.2 Å². The number of carbonyl (C=O) groups is 1. The fourth-order valence-corrected chi connectivity index (χ4v) is 3.14. The number of rotatable bonds is 2. The molecule has 0 aliphatic carbocycles. The Labute approximate surface area is 144 Å². The van der Waals surface area contributed by atoms with Gasteiger partial charge in [0.1, 0.15) is 5.58 Å². The smallest absolute Gasteiger partial charge is 0.289 e. The third-order valence-electron chi connectivity index (χ3n) is 4.49. The molecule has 0 radical (unpaired) electrons. The van der Waals surface area contributed by atoms with Crippen LogP contribution >= 0.6 is 0 Å². The SMILES string of the molecule is Cn1ccnc1N1CCN(C(=O)c2cc(=O)c3ccccc3o2)CC1. The average Bonchev–Trinajstić information content (AvgIpc) is 3.07. The molecule has 4 rings (SSSR count). The van der Waals surface area contributed by atoms with Crippen LogP contribution in [0.5, 0.6) is 0 Å². The van der Waals surface area contributed by atoms with Gasteiger partial charge in [0.25, 0.3) is 5.91 Å². The average molecular weight is 338 g/mol. The Morgan fingerprint density at radius 1 is 1.16 bits per heavy atom. The van der Waals surface area contributed by atoms with Gasteiger partial charge >= 0.3 is 0 Å². The molecule has 3 aromatic rings. The Morgan fingerprint density at radius 2 is 1.92 bits per heavy atom. The number of amides is 1. The van der Waals surface area contributed by atoms with Crippen LogP contribution in [0.3, 0.4) is 0 Å². The Hall–Kier alpha value is -3.09. The maximum Gasteiger partial charge on any atom is 0.289 e. The third-order valence-corrected chi connectivity index (χ3v) is 4.49. The van der Waals surface area contributed by atoms with Crippen LogP contribution in [-0.4, -0.2) is 46.5 Å². The topological polar surface area (TPSA) is 71.6 Å². The van der Waals surface area contributed by atoms with E-state index in [0.717, 1.165) is 5.95 Å². The Morgan fingerprint density at radius 3 is 2.64 bits per heavy atom. The van der Waals surface area contributed by atoms with Gasteiger partial charge in [-0.15, -0.1) is 0 Å². The van der Waals surface area contributed by atoms with Crippen molar-refractivity contribution in [1.82, 2.24) is 14.5 Å². The minimum atomic E-state index is -0.248. The minimum absolute atomic E-state index is 0.0918. The number of piperazine rings is 1. The maximum absolute atomic E-state index is 12.7. The zero-order valence-electron chi connectivity index (χ0n) is 13.9. The number of fused-ring (bicyclic) bond motifs is 1. The summed E-state index contributed by atoms with van der Waals surface area (Å²) in [7, 11) is 1.95. The predicted octanol–water partition coefficient (Wildman–Crippen LogP) is 1.49.